The number of hydrogen-bond donors (Lipinski definition) is 0. The number of hydrogen-bond acceptors (Lipinski definition) is 4. The molecule has 2 atom stereocenters. The van der Waals surface area contributed by atoms with Crippen molar-refractivity contribution in [3.05, 3.63) is 23.8 Å². The number of piperidine rings is 1. The summed E-state index contributed by atoms with van der Waals surface area (Å²) in [5, 5.41) is 0. The van der Waals surface area contributed by atoms with Crippen molar-refractivity contribution in [2.24, 2.45) is 5.41 Å². The van der Waals surface area contributed by atoms with Crippen LogP contribution in [0.3, 0.4) is 0 Å². The van der Waals surface area contributed by atoms with E-state index in [0.717, 1.165) is 37.7 Å². The second kappa shape index (κ2) is 7.25. The van der Waals surface area contributed by atoms with Crippen LogP contribution in [-0.4, -0.2) is 45.6 Å². The SMILES string of the molecule is CCOc1ccc(C)cc1S(=O)(=O)N1CCC[C@@]2(CCC[C@H]2OC)C1. The van der Waals surface area contributed by atoms with E-state index < -0.39 is 10.0 Å². The van der Waals surface area contributed by atoms with Crippen molar-refractivity contribution >= 4 is 10.0 Å². The second-order valence-corrected chi connectivity index (χ2v) is 9.21. The summed E-state index contributed by atoms with van der Waals surface area (Å²) in [6.07, 6.45) is 5.27. The van der Waals surface area contributed by atoms with Gasteiger partial charge in [0.1, 0.15) is 10.6 Å². The summed E-state index contributed by atoms with van der Waals surface area (Å²) >= 11 is 0. The number of methoxy groups -OCH3 is 1. The number of ether oxygens (including phenoxy) is 2. The normalized spacial score (nSPS) is 27.7. The van der Waals surface area contributed by atoms with E-state index in [0.29, 0.717) is 30.3 Å². The van der Waals surface area contributed by atoms with Gasteiger partial charge in [0, 0.05) is 25.6 Å². The first-order chi connectivity index (χ1) is 11.9. The van der Waals surface area contributed by atoms with Crippen molar-refractivity contribution in [3.8, 4) is 5.75 Å². The standard InChI is InChI=1S/C19H29NO4S/c1-4-24-16-9-8-15(2)13-17(16)25(21,22)20-12-6-11-19(14-20)10-5-7-18(19)23-3/h8-9,13,18H,4-7,10-12,14H2,1-3H3/t18-,19+/m1/s1. The minimum atomic E-state index is -3.58. The molecule has 2 fully saturated rings. The Balaban J connectivity index is 1.94. The minimum Gasteiger partial charge on any atom is -0.492 e. The molecule has 0 bridgehead atoms. The van der Waals surface area contributed by atoms with E-state index in [1.807, 2.05) is 19.9 Å². The van der Waals surface area contributed by atoms with Crippen molar-refractivity contribution < 1.29 is 17.9 Å². The van der Waals surface area contributed by atoms with E-state index in [9.17, 15) is 8.42 Å². The van der Waals surface area contributed by atoms with Crippen LogP contribution in [0.25, 0.3) is 0 Å². The molecule has 6 heteroatoms. The quantitative estimate of drug-likeness (QED) is 0.801. The fourth-order valence-electron chi connectivity index (χ4n) is 4.49. The van der Waals surface area contributed by atoms with E-state index in [-0.39, 0.29) is 11.5 Å². The monoisotopic (exact) mass is 367 g/mol. The van der Waals surface area contributed by atoms with E-state index in [1.165, 1.54) is 0 Å². The lowest BCUT2D eigenvalue weighted by molar-refractivity contribution is -0.0185. The second-order valence-electron chi connectivity index (χ2n) is 7.30. The topological polar surface area (TPSA) is 55.8 Å². The Morgan fingerprint density at radius 3 is 2.76 bits per heavy atom. The predicted molar refractivity (Wildman–Crippen MR) is 97.4 cm³/mol. The highest BCUT2D eigenvalue weighted by Gasteiger charge is 2.48. The first kappa shape index (κ1) is 18.7. The molecule has 140 valence electrons. The number of nitrogens with zero attached hydrogens (tertiary/aromatic N) is 1. The maximum atomic E-state index is 13.4. The van der Waals surface area contributed by atoms with Crippen molar-refractivity contribution in [3.63, 3.8) is 0 Å². The molecule has 1 saturated carbocycles. The highest BCUT2D eigenvalue weighted by Crippen LogP contribution is 2.47. The van der Waals surface area contributed by atoms with Crippen molar-refractivity contribution in [2.45, 2.75) is 57.0 Å². The van der Waals surface area contributed by atoms with Gasteiger partial charge in [-0.1, -0.05) is 12.5 Å². The van der Waals surface area contributed by atoms with E-state index in [4.69, 9.17) is 9.47 Å². The van der Waals surface area contributed by atoms with Gasteiger partial charge in [-0.05, 0) is 57.2 Å². The predicted octanol–water partition coefficient (Wildman–Crippen LogP) is 3.36. The number of sulfonamides is 1. The summed E-state index contributed by atoms with van der Waals surface area (Å²) in [7, 11) is -1.83. The van der Waals surface area contributed by atoms with Crippen LogP contribution in [0.1, 0.15) is 44.6 Å². The molecular formula is C19H29NO4S. The molecule has 0 N–H and O–H groups in total. The first-order valence-electron chi connectivity index (χ1n) is 9.19. The van der Waals surface area contributed by atoms with Gasteiger partial charge in [0.2, 0.25) is 10.0 Å². The van der Waals surface area contributed by atoms with Gasteiger partial charge < -0.3 is 9.47 Å². The molecule has 0 unspecified atom stereocenters. The lowest BCUT2D eigenvalue weighted by Gasteiger charge is -2.43. The zero-order valence-corrected chi connectivity index (χ0v) is 16.3. The third-order valence-electron chi connectivity index (χ3n) is 5.70. The molecule has 5 nitrogen and oxygen atoms in total. The van der Waals surface area contributed by atoms with Gasteiger partial charge in [-0.2, -0.15) is 4.31 Å². The fourth-order valence-corrected chi connectivity index (χ4v) is 6.28. The molecule has 1 spiro atoms. The molecule has 1 heterocycles. The maximum absolute atomic E-state index is 13.4. The average Bonchev–Trinajstić information content (AvgIpc) is 2.98. The summed E-state index contributed by atoms with van der Waals surface area (Å²) in [6.45, 7) is 5.34. The lowest BCUT2D eigenvalue weighted by Crippen LogP contribution is -2.49. The molecule has 1 saturated heterocycles. The first-order valence-corrected chi connectivity index (χ1v) is 10.6. The van der Waals surface area contributed by atoms with Crippen LogP contribution in [0.2, 0.25) is 0 Å². The van der Waals surface area contributed by atoms with Gasteiger partial charge in [-0.15, -0.1) is 0 Å². The zero-order valence-electron chi connectivity index (χ0n) is 15.5. The van der Waals surface area contributed by atoms with Crippen LogP contribution >= 0.6 is 0 Å². The molecule has 1 aromatic rings. The fraction of sp³-hybridized carbons (Fsp3) is 0.684. The Morgan fingerprint density at radius 1 is 1.28 bits per heavy atom. The smallest absolute Gasteiger partial charge is 0.246 e. The Bertz CT molecular complexity index is 718. The third kappa shape index (κ3) is 3.44. The Morgan fingerprint density at radius 2 is 2.04 bits per heavy atom. The lowest BCUT2D eigenvalue weighted by atomic mass is 9.77. The molecular weight excluding hydrogens is 338 g/mol. The van der Waals surface area contributed by atoms with Gasteiger partial charge >= 0.3 is 0 Å². The summed E-state index contributed by atoms with van der Waals surface area (Å²) in [6, 6.07) is 5.38. The van der Waals surface area contributed by atoms with Crippen molar-refractivity contribution in [1.82, 2.24) is 4.31 Å². The number of rotatable bonds is 5. The van der Waals surface area contributed by atoms with Gasteiger partial charge in [-0.3, -0.25) is 0 Å². The van der Waals surface area contributed by atoms with Crippen LogP contribution in [0.4, 0.5) is 0 Å². The molecule has 1 aliphatic carbocycles. The molecule has 1 aliphatic heterocycles. The summed E-state index contributed by atoms with van der Waals surface area (Å²) in [5.74, 6) is 0.447. The van der Waals surface area contributed by atoms with Crippen LogP contribution < -0.4 is 4.74 Å². The molecule has 1 aromatic carbocycles. The zero-order chi connectivity index (χ0) is 18.1. The van der Waals surface area contributed by atoms with Crippen LogP contribution in [0, 0.1) is 12.3 Å². The van der Waals surface area contributed by atoms with Gasteiger partial charge in [0.15, 0.2) is 0 Å². The molecule has 0 amide bonds. The molecule has 0 aromatic heterocycles. The summed E-state index contributed by atoms with van der Waals surface area (Å²) < 4.78 is 39.7. The largest absolute Gasteiger partial charge is 0.492 e. The van der Waals surface area contributed by atoms with E-state index in [2.05, 4.69) is 0 Å². The Hall–Kier alpha value is -1.11. The van der Waals surface area contributed by atoms with Crippen LogP contribution in [0.5, 0.6) is 5.75 Å². The number of benzene rings is 1. The molecule has 3 rings (SSSR count). The van der Waals surface area contributed by atoms with Crippen molar-refractivity contribution in [1.29, 1.82) is 0 Å². The van der Waals surface area contributed by atoms with E-state index in [1.54, 1.807) is 23.5 Å². The highest BCUT2D eigenvalue weighted by atomic mass is 32.2. The highest BCUT2D eigenvalue weighted by molar-refractivity contribution is 7.89. The molecule has 0 radical (unpaired) electrons. The van der Waals surface area contributed by atoms with Crippen molar-refractivity contribution in [2.75, 3.05) is 26.8 Å². The summed E-state index contributed by atoms with van der Waals surface area (Å²) in [4.78, 5) is 0.290. The molecule has 25 heavy (non-hydrogen) atoms. The van der Waals surface area contributed by atoms with E-state index >= 15 is 0 Å². The van der Waals surface area contributed by atoms with Gasteiger partial charge in [0.05, 0.1) is 12.7 Å². The maximum Gasteiger partial charge on any atom is 0.246 e. The molecule has 2 aliphatic rings. The Kier molecular flexibility index (Phi) is 5.42. The van der Waals surface area contributed by atoms with Gasteiger partial charge in [0.25, 0.3) is 0 Å². The van der Waals surface area contributed by atoms with Crippen LogP contribution in [-0.2, 0) is 14.8 Å². The third-order valence-corrected chi connectivity index (χ3v) is 7.57. The van der Waals surface area contributed by atoms with Gasteiger partial charge in [-0.25, -0.2) is 8.42 Å². The number of aryl methyl sites for hydroxylation is 1. The summed E-state index contributed by atoms with van der Waals surface area (Å²) in [5.41, 5.74) is 0.889. The Labute approximate surface area is 151 Å². The average molecular weight is 368 g/mol. The minimum absolute atomic E-state index is 0.0321. The van der Waals surface area contributed by atoms with Crippen LogP contribution in [0.15, 0.2) is 23.1 Å².